The SMILES string of the molecule is Cc1ccc(C(=O)CSc2nnc(N/N=C/c3cccc([N+](=O)[O-])c3)n2N)cc1. The summed E-state index contributed by atoms with van der Waals surface area (Å²) in [6.45, 7) is 1.95. The topological polar surface area (TPSA) is 141 Å². The zero-order valence-corrected chi connectivity index (χ0v) is 16.2. The average Bonchev–Trinajstić information content (AvgIpc) is 3.06. The van der Waals surface area contributed by atoms with Crippen molar-refractivity contribution in [1.29, 1.82) is 0 Å². The first-order chi connectivity index (χ1) is 13.9. The van der Waals surface area contributed by atoms with Crippen LogP contribution in [-0.4, -0.2) is 37.5 Å². The highest BCUT2D eigenvalue weighted by atomic mass is 32.2. The van der Waals surface area contributed by atoms with Crippen LogP contribution in [0.5, 0.6) is 0 Å². The van der Waals surface area contributed by atoms with E-state index >= 15 is 0 Å². The molecule has 3 aromatic rings. The van der Waals surface area contributed by atoms with E-state index in [1.807, 2.05) is 19.1 Å². The van der Waals surface area contributed by atoms with Gasteiger partial charge in [0.2, 0.25) is 5.16 Å². The summed E-state index contributed by atoms with van der Waals surface area (Å²) in [5.74, 6) is 6.21. The van der Waals surface area contributed by atoms with Crippen LogP contribution >= 0.6 is 11.8 Å². The molecule has 2 aromatic carbocycles. The number of nitrogens with zero attached hydrogens (tertiary/aromatic N) is 5. The molecular weight excluding hydrogens is 394 g/mol. The summed E-state index contributed by atoms with van der Waals surface area (Å²) in [4.78, 5) is 22.6. The second kappa shape index (κ2) is 8.97. The Morgan fingerprint density at radius 1 is 1.31 bits per heavy atom. The van der Waals surface area contributed by atoms with Gasteiger partial charge >= 0.3 is 0 Å². The van der Waals surface area contributed by atoms with Crippen LogP contribution in [0.2, 0.25) is 0 Å². The van der Waals surface area contributed by atoms with Crippen molar-refractivity contribution in [2.24, 2.45) is 5.10 Å². The molecule has 0 saturated carbocycles. The molecular formula is C18H17N7O3S. The lowest BCUT2D eigenvalue weighted by Gasteiger charge is -2.03. The van der Waals surface area contributed by atoms with Gasteiger partial charge in [0, 0.05) is 23.3 Å². The molecule has 10 nitrogen and oxygen atoms in total. The predicted molar refractivity (Wildman–Crippen MR) is 111 cm³/mol. The maximum atomic E-state index is 12.2. The third-order valence-electron chi connectivity index (χ3n) is 3.83. The maximum absolute atomic E-state index is 12.2. The minimum absolute atomic E-state index is 0.0344. The van der Waals surface area contributed by atoms with Gasteiger partial charge in [-0.25, -0.2) is 10.1 Å². The lowest BCUT2D eigenvalue weighted by molar-refractivity contribution is -0.384. The Labute approximate surface area is 169 Å². The Morgan fingerprint density at radius 3 is 2.79 bits per heavy atom. The van der Waals surface area contributed by atoms with E-state index in [2.05, 4.69) is 20.7 Å². The summed E-state index contributed by atoms with van der Waals surface area (Å²) < 4.78 is 1.18. The van der Waals surface area contributed by atoms with Crippen LogP contribution < -0.4 is 11.3 Å². The average molecular weight is 411 g/mol. The van der Waals surface area contributed by atoms with Crippen molar-refractivity contribution < 1.29 is 9.72 Å². The molecule has 0 atom stereocenters. The molecule has 1 aromatic heterocycles. The van der Waals surface area contributed by atoms with Crippen molar-refractivity contribution in [3.63, 3.8) is 0 Å². The molecule has 0 radical (unpaired) electrons. The maximum Gasteiger partial charge on any atom is 0.270 e. The number of nitro groups is 1. The Hall–Kier alpha value is -3.73. The lowest BCUT2D eigenvalue weighted by Crippen LogP contribution is -2.14. The molecule has 0 saturated heterocycles. The Bertz CT molecular complexity index is 1060. The van der Waals surface area contributed by atoms with Crippen LogP contribution in [-0.2, 0) is 0 Å². The van der Waals surface area contributed by atoms with Gasteiger partial charge in [-0.1, -0.05) is 53.7 Å². The molecule has 148 valence electrons. The van der Waals surface area contributed by atoms with Crippen LogP contribution in [0.4, 0.5) is 11.6 Å². The highest BCUT2D eigenvalue weighted by Crippen LogP contribution is 2.18. The van der Waals surface area contributed by atoms with Crippen LogP contribution in [0.1, 0.15) is 21.5 Å². The molecule has 0 spiro atoms. The first-order valence-electron chi connectivity index (χ1n) is 8.41. The molecule has 0 unspecified atom stereocenters. The zero-order chi connectivity index (χ0) is 20.8. The third kappa shape index (κ3) is 5.17. The number of anilines is 1. The largest absolute Gasteiger partial charge is 0.334 e. The number of hydrogen-bond donors (Lipinski definition) is 2. The van der Waals surface area contributed by atoms with Crippen molar-refractivity contribution in [1.82, 2.24) is 14.9 Å². The number of Topliss-reactive ketones (excluding diaryl/α,β-unsaturated/α-hetero) is 1. The highest BCUT2D eigenvalue weighted by molar-refractivity contribution is 7.99. The number of carbonyl (C=O) groups excluding carboxylic acids is 1. The summed E-state index contributed by atoms with van der Waals surface area (Å²) in [6.07, 6.45) is 1.40. The molecule has 1 heterocycles. The lowest BCUT2D eigenvalue weighted by atomic mass is 10.1. The van der Waals surface area contributed by atoms with Crippen molar-refractivity contribution >= 4 is 35.4 Å². The molecule has 0 amide bonds. The number of non-ortho nitro benzene ring substituents is 1. The van der Waals surface area contributed by atoms with Gasteiger partial charge in [-0.2, -0.15) is 5.10 Å². The summed E-state index contributed by atoms with van der Waals surface area (Å²) in [6, 6.07) is 13.3. The van der Waals surface area contributed by atoms with Crippen LogP contribution in [0, 0.1) is 17.0 Å². The number of nitrogen functional groups attached to an aromatic ring is 1. The van der Waals surface area contributed by atoms with Gasteiger partial charge in [0.05, 0.1) is 16.9 Å². The first kappa shape index (κ1) is 20.0. The van der Waals surface area contributed by atoms with Gasteiger partial charge in [-0.3, -0.25) is 14.9 Å². The highest BCUT2D eigenvalue weighted by Gasteiger charge is 2.13. The summed E-state index contributed by atoms with van der Waals surface area (Å²) in [7, 11) is 0. The fraction of sp³-hybridized carbons (Fsp3) is 0.111. The van der Waals surface area contributed by atoms with E-state index in [4.69, 9.17) is 5.84 Å². The van der Waals surface area contributed by atoms with Gasteiger partial charge in [-0.05, 0) is 6.92 Å². The smallest absolute Gasteiger partial charge is 0.270 e. The van der Waals surface area contributed by atoms with E-state index in [1.165, 1.54) is 23.0 Å². The number of nitro benzene ring substituents is 1. The number of benzene rings is 2. The van der Waals surface area contributed by atoms with Gasteiger partial charge in [-0.15, -0.1) is 10.2 Å². The van der Waals surface area contributed by atoms with E-state index < -0.39 is 4.92 Å². The normalized spacial score (nSPS) is 10.9. The van der Waals surface area contributed by atoms with E-state index in [1.54, 1.807) is 24.3 Å². The summed E-state index contributed by atoms with van der Waals surface area (Å²) >= 11 is 1.16. The number of carbonyl (C=O) groups is 1. The minimum Gasteiger partial charge on any atom is -0.334 e. The van der Waals surface area contributed by atoms with Crippen LogP contribution in [0.15, 0.2) is 58.8 Å². The third-order valence-corrected chi connectivity index (χ3v) is 4.77. The van der Waals surface area contributed by atoms with Crippen molar-refractivity contribution in [3.8, 4) is 0 Å². The minimum atomic E-state index is -0.483. The summed E-state index contributed by atoms with van der Waals surface area (Å²) in [5.41, 5.74) is 4.82. The van der Waals surface area contributed by atoms with Crippen LogP contribution in [0.3, 0.4) is 0 Å². The number of hydrogen-bond acceptors (Lipinski definition) is 9. The van der Waals surface area contributed by atoms with Gasteiger partial charge < -0.3 is 5.84 Å². The monoisotopic (exact) mass is 411 g/mol. The van der Waals surface area contributed by atoms with E-state index in [-0.39, 0.29) is 23.2 Å². The van der Waals surface area contributed by atoms with E-state index in [0.717, 1.165) is 17.3 Å². The quantitative estimate of drug-likeness (QED) is 0.144. The predicted octanol–water partition coefficient (Wildman–Crippen LogP) is 2.63. The number of thioether (sulfide) groups is 1. The first-order valence-corrected chi connectivity index (χ1v) is 9.39. The molecule has 3 rings (SSSR count). The number of hydrazone groups is 1. The van der Waals surface area contributed by atoms with Crippen LogP contribution in [0.25, 0.3) is 0 Å². The number of nitrogens with two attached hydrogens (primary N) is 1. The van der Waals surface area contributed by atoms with Gasteiger partial charge in [0.25, 0.3) is 11.6 Å². The Kier molecular flexibility index (Phi) is 6.19. The van der Waals surface area contributed by atoms with Crippen molar-refractivity contribution in [2.45, 2.75) is 12.1 Å². The molecule has 0 fully saturated rings. The zero-order valence-electron chi connectivity index (χ0n) is 15.3. The number of nitrogens with one attached hydrogen (secondary N) is 1. The number of aryl methyl sites for hydroxylation is 1. The molecule has 0 bridgehead atoms. The van der Waals surface area contributed by atoms with Crippen molar-refractivity contribution in [2.75, 3.05) is 17.0 Å². The van der Waals surface area contributed by atoms with Gasteiger partial charge in [0.15, 0.2) is 5.78 Å². The molecule has 0 aliphatic carbocycles. The standard InChI is InChI=1S/C18H17N7O3S/c1-12-5-7-14(8-6-12)16(26)11-29-18-23-22-17(24(18)19)21-20-10-13-3-2-4-15(9-13)25(27)28/h2-10H,11,19H2,1H3,(H,21,22)/b20-10+. The Balaban J connectivity index is 1.59. The number of ketones is 1. The van der Waals surface area contributed by atoms with Gasteiger partial charge in [0.1, 0.15) is 0 Å². The Morgan fingerprint density at radius 2 is 2.07 bits per heavy atom. The molecule has 0 aliphatic rings. The molecule has 11 heteroatoms. The fourth-order valence-corrected chi connectivity index (χ4v) is 3.04. The second-order valence-corrected chi connectivity index (χ2v) is 6.92. The molecule has 0 aliphatic heterocycles. The molecule has 29 heavy (non-hydrogen) atoms. The van der Waals surface area contributed by atoms with E-state index in [0.29, 0.717) is 16.3 Å². The number of rotatable bonds is 8. The van der Waals surface area contributed by atoms with Crippen molar-refractivity contribution in [3.05, 3.63) is 75.3 Å². The summed E-state index contributed by atoms with van der Waals surface area (Å²) in [5, 5.41) is 22.9. The van der Waals surface area contributed by atoms with E-state index in [9.17, 15) is 14.9 Å². The fourth-order valence-electron chi connectivity index (χ4n) is 2.29. The number of aromatic nitrogens is 3. The molecule has 3 N–H and O–H groups in total. The second-order valence-electron chi connectivity index (χ2n) is 5.98.